The molecule has 2 saturated carbocycles. The molecule has 0 saturated heterocycles. The second-order valence-electron chi connectivity index (χ2n) is 9.63. The molecule has 1 N–H and O–H groups in total. The Hall–Kier alpha value is -2.10. The molecule has 4 nitrogen and oxygen atoms in total. The van der Waals surface area contributed by atoms with E-state index >= 15 is 0 Å². The van der Waals surface area contributed by atoms with Gasteiger partial charge in [-0.1, -0.05) is 57.4 Å². The van der Waals surface area contributed by atoms with Gasteiger partial charge in [-0.05, 0) is 36.8 Å². The first-order valence-electron chi connectivity index (χ1n) is 11.1. The normalized spacial score (nSPS) is 22.0. The molecule has 5 rings (SSSR count). The molecule has 28 heavy (non-hydrogen) atoms. The summed E-state index contributed by atoms with van der Waals surface area (Å²) in [4.78, 5) is 12.4. The van der Waals surface area contributed by atoms with Gasteiger partial charge in [-0.2, -0.15) is 4.98 Å². The molecular formula is C24H32N4. The lowest BCUT2D eigenvalue weighted by Gasteiger charge is -2.40. The lowest BCUT2D eigenvalue weighted by Crippen LogP contribution is -2.42. The highest BCUT2D eigenvalue weighted by Crippen LogP contribution is 2.41. The first kappa shape index (κ1) is 18.0. The molecule has 2 aliphatic carbocycles. The number of benzene rings is 1. The van der Waals surface area contributed by atoms with Crippen LogP contribution in [0.15, 0.2) is 30.3 Å². The van der Waals surface area contributed by atoms with E-state index in [9.17, 15) is 0 Å². The quantitative estimate of drug-likeness (QED) is 0.776. The molecule has 0 spiro atoms. The standard InChI is InChI=1S/C24H32N4/c1-24(2)16-28(15-18-8-6-7-11-20(18)24)22-14-21(17-12-13-17)26-23(27-22)25-19-9-4-3-5-10-19/h6-8,11,14,17,19H,3-5,9-10,12-13,15-16H2,1-2H3,(H,25,26,27). The number of nitrogens with one attached hydrogen (secondary N) is 1. The van der Waals surface area contributed by atoms with E-state index in [4.69, 9.17) is 9.97 Å². The lowest BCUT2D eigenvalue weighted by molar-refractivity contribution is 0.460. The molecule has 1 aliphatic heterocycles. The van der Waals surface area contributed by atoms with Gasteiger partial charge >= 0.3 is 0 Å². The number of hydrogen-bond acceptors (Lipinski definition) is 4. The molecule has 2 aromatic rings. The molecule has 0 bridgehead atoms. The lowest BCUT2D eigenvalue weighted by atomic mass is 9.78. The predicted molar refractivity (Wildman–Crippen MR) is 115 cm³/mol. The van der Waals surface area contributed by atoms with Gasteiger partial charge in [0.05, 0.1) is 5.69 Å². The van der Waals surface area contributed by atoms with E-state index in [2.05, 4.69) is 54.4 Å². The number of fused-ring (bicyclic) bond motifs is 1. The molecule has 1 aromatic carbocycles. The van der Waals surface area contributed by atoms with Crippen LogP contribution < -0.4 is 10.2 Å². The van der Waals surface area contributed by atoms with Crippen LogP contribution in [0.25, 0.3) is 0 Å². The van der Waals surface area contributed by atoms with Crippen LogP contribution in [0.3, 0.4) is 0 Å². The van der Waals surface area contributed by atoms with Crippen LogP contribution in [0.4, 0.5) is 11.8 Å². The maximum absolute atomic E-state index is 5.00. The third-order valence-corrected chi connectivity index (χ3v) is 6.68. The molecule has 0 amide bonds. The fourth-order valence-electron chi connectivity index (χ4n) is 5.00. The smallest absolute Gasteiger partial charge is 0.225 e. The zero-order valence-electron chi connectivity index (χ0n) is 17.2. The second-order valence-corrected chi connectivity index (χ2v) is 9.63. The first-order valence-corrected chi connectivity index (χ1v) is 11.1. The summed E-state index contributed by atoms with van der Waals surface area (Å²) in [5.41, 5.74) is 4.26. The highest BCUT2D eigenvalue weighted by atomic mass is 15.2. The Bertz CT molecular complexity index is 849. The van der Waals surface area contributed by atoms with Crippen molar-refractivity contribution >= 4 is 11.8 Å². The maximum Gasteiger partial charge on any atom is 0.225 e. The van der Waals surface area contributed by atoms with Crippen molar-refractivity contribution in [3.63, 3.8) is 0 Å². The SMILES string of the molecule is CC1(C)CN(c2cc(C3CC3)nc(NC3CCCCC3)n2)Cc2ccccc21. The summed E-state index contributed by atoms with van der Waals surface area (Å²) in [6, 6.07) is 11.7. The molecule has 0 unspecified atom stereocenters. The van der Waals surface area contributed by atoms with E-state index in [1.54, 1.807) is 0 Å². The summed E-state index contributed by atoms with van der Waals surface area (Å²) in [7, 11) is 0. The van der Waals surface area contributed by atoms with Gasteiger partial charge in [0.25, 0.3) is 0 Å². The Kier molecular flexibility index (Phi) is 4.53. The molecular weight excluding hydrogens is 344 g/mol. The zero-order valence-corrected chi connectivity index (χ0v) is 17.2. The van der Waals surface area contributed by atoms with Crippen molar-refractivity contribution in [1.29, 1.82) is 0 Å². The highest BCUT2D eigenvalue weighted by Gasteiger charge is 2.33. The monoisotopic (exact) mass is 376 g/mol. The van der Waals surface area contributed by atoms with Gasteiger partial charge in [0.1, 0.15) is 5.82 Å². The van der Waals surface area contributed by atoms with Gasteiger partial charge in [0, 0.05) is 36.5 Å². The van der Waals surface area contributed by atoms with Crippen molar-refractivity contribution in [2.45, 2.75) is 82.7 Å². The van der Waals surface area contributed by atoms with Crippen molar-refractivity contribution < 1.29 is 0 Å². The molecule has 1 aromatic heterocycles. The fraction of sp³-hybridized carbons (Fsp3) is 0.583. The predicted octanol–water partition coefficient (Wildman–Crippen LogP) is 5.40. The molecule has 148 valence electrons. The summed E-state index contributed by atoms with van der Waals surface area (Å²) in [5.74, 6) is 2.58. The highest BCUT2D eigenvalue weighted by molar-refractivity contribution is 5.51. The maximum atomic E-state index is 5.00. The molecule has 2 fully saturated rings. The first-order chi connectivity index (χ1) is 13.6. The van der Waals surface area contributed by atoms with Crippen molar-refractivity contribution in [3.8, 4) is 0 Å². The second kappa shape index (κ2) is 7.06. The largest absolute Gasteiger partial charge is 0.351 e. The van der Waals surface area contributed by atoms with Crippen LogP contribution in [0, 0.1) is 0 Å². The third-order valence-electron chi connectivity index (χ3n) is 6.68. The number of nitrogens with zero attached hydrogens (tertiary/aromatic N) is 3. The summed E-state index contributed by atoms with van der Waals surface area (Å²) in [6.45, 7) is 6.63. The van der Waals surface area contributed by atoms with Crippen molar-refractivity contribution in [1.82, 2.24) is 9.97 Å². The fourth-order valence-corrected chi connectivity index (χ4v) is 5.00. The topological polar surface area (TPSA) is 41.1 Å². The van der Waals surface area contributed by atoms with Crippen molar-refractivity contribution in [2.75, 3.05) is 16.8 Å². The van der Waals surface area contributed by atoms with Crippen molar-refractivity contribution in [3.05, 3.63) is 47.2 Å². The van der Waals surface area contributed by atoms with Crippen LogP contribution >= 0.6 is 0 Å². The third kappa shape index (κ3) is 3.61. The van der Waals surface area contributed by atoms with Crippen molar-refractivity contribution in [2.24, 2.45) is 0 Å². The molecule has 3 aliphatic rings. The summed E-state index contributed by atoms with van der Waals surface area (Å²) >= 11 is 0. The Morgan fingerprint density at radius 2 is 1.79 bits per heavy atom. The van der Waals surface area contributed by atoms with Gasteiger partial charge in [0.15, 0.2) is 0 Å². The van der Waals surface area contributed by atoms with Gasteiger partial charge in [-0.15, -0.1) is 0 Å². The molecule has 0 atom stereocenters. The van der Waals surface area contributed by atoms with Crippen LogP contribution in [0.1, 0.15) is 81.5 Å². The van der Waals surface area contributed by atoms with Crippen LogP contribution in [-0.2, 0) is 12.0 Å². The number of rotatable bonds is 4. The summed E-state index contributed by atoms with van der Waals surface area (Å²) in [6.07, 6.45) is 9.05. The average molecular weight is 377 g/mol. The van der Waals surface area contributed by atoms with Crippen LogP contribution in [-0.4, -0.2) is 22.6 Å². The van der Waals surface area contributed by atoms with Gasteiger partial charge < -0.3 is 10.2 Å². The van der Waals surface area contributed by atoms with Gasteiger partial charge in [-0.3, -0.25) is 0 Å². The van der Waals surface area contributed by atoms with Gasteiger partial charge in [0.2, 0.25) is 5.95 Å². The van der Waals surface area contributed by atoms with Crippen LogP contribution in [0.2, 0.25) is 0 Å². The minimum absolute atomic E-state index is 0.122. The zero-order chi connectivity index (χ0) is 19.1. The van der Waals surface area contributed by atoms with Gasteiger partial charge in [-0.25, -0.2) is 4.98 Å². The molecule has 4 heteroatoms. The summed E-state index contributed by atoms with van der Waals surface area (Å²) < 4.78 is 0. The number of anilines is 2. The van der Waals surface area contributed by atoms with E-state index in [0.29, 0.717) is 12.0 Å². The van der Waals surface area contributed by atoms with Crippen LogP contribution in [0.5, 0.6) is 0 Å². The minimum atomic E-state index is 0.122. The Morgan fingerprint density at radius 1 is 1.00 bits per heavy atom. The molecule has 0 radical (unpaired) electrons. The minimum Gasteiger partial charge on any atom is -0.351 e. The van der Waals surface area contributed by atoms with E-state index in [-0.39, 0.29) is 5.41 Å². The Morgan fingerprint density at radius 3 is 2.57 bits per heavy atom. The Labute approximate surface area is 168 Å². The molecule has 2 heterocycles. The van der Waals surface area contributed by atoms with E-state index in [1.165, 1.54) is 61.8 Å². The van der Waals surface area contributed by atoms with E-state index in [0.717, 1.165) is 24.9 Å². The Balaban J connectivity index is 1.45. The number of hydrogen-bond donors (Lipinski definition) is 1. The van der Waals surface area contributed by atoms with E-state index in [1.807, 2.05) is 0 Å². The number of aromatic nitrogens is 2. The summed E-state index contributed by atoms with van der Waals surface area (Å²) in [5, 5.41) is 3.67. The van der Waals surface area contributed by atoms with E-state index < -0.39 is 0 Å². The average Bonchev–Trinajstić information content (AvgIpc) is 3.53.